The number of rotatable bonds is 2. The molecule has 104 valence electrons. The van der Waals surface area contributed by atoms with E-state index in [0.29, 0.717) is 11.4 Å². The maximum absolute atomic E-state index is 12.2. The van der Waals surface area contributed by atoms with Crippen molar-refractivity contribution in [1.29, 1.82) is 0 Å². The van der Waals surface area contributed by atoms with E-state index in [2.05, 4.69) is 9.97 Å². The van der Waals surface area contributed by atoms with Crippen LogP contribution in [0.15, 0.2) is 35.1 Å². The van der Waals surface area contributed by atoms with E-state index in [-0.39, 0.29) is 5.56 Å². The van der Waals surface area contributed by atoms with Crippen LogP contribution in [0.1, 0.15) is 37.1 Å². The molecular weight excluding hydrogens is 250 g/mol. The highest BCUT2D eigenvalue weighted by atomic mass is 16.1. The van der Waals surface area contributed by atoms with Crippen LogP contribution in [0.5, 0.6) is 0 Å². The van der Waals surface area contributed by atoms with Crippen molar-refractivity contribution in [1.82, 2.24) is 9.97 Å². The van der Waals surface area contributed by atoms with Crippen molar-refractivity contribution in [2.45, 2.75) is 38.1 Å². The molecule has 0 amide bonds. The number of aromatic nitrogens is 2. The van der Waals surface area contributed by atoms with Crippen LogP contribution in [0.2, 0.25) is 0 Å². The molecule has 1 saturated carbocycles. The molecule has 4 heteroatoms. The van der Waals surface area contributed by atoms with Crippen LogP contribution in [0.3, 0.4) is 0 Å². The molecule has 0 spiro atoms. The van der Waals surface area contributed by atoms with Gasteiger partial charge in [-0.2, -0.15) is 0 Å². The van der Waals surface area contributed by atoms with Crippen molar-refractivity contribution in [2.75, 3.05) is 0 Å². The first-order chi connectivity index (χ1) is 9.60. The fraction of sp³-hybridized carbons (Fsp3) is 0.375. The lowest BCUT2D eigenvalue weighted by Gasteiger charge is -2.23. The third-order valence-electron chi connectivity index (χ3n) is 4.17. The van der Waals surface area contributed by atoms with Gasteiger partial charge in [0.2, 0.25) is 0 Å². The van der Waals surface area contributed by atoms with Gasteiger partial charge in [0, 0.05) is 11.1 Å². The molecule has 1 aromatic carbocycles. The second-order valence-electron chi connectivity index (χ2n) is 5.62. The van der Waals surface area contributed by atoms with Crippen molar-refractivity contribution in [3.63, 3.8) is 0 Å². The highest BCUT2D eigenvalue weighted by Crippen LogP contribution is 2.34. The lowest BCUT2D eigenvalue weighted by molar-refractivity contribution is 0.430. The molecule has 0 aliphatic heterocycles. The van der Waals surface area contributed by atoms with Crippen molar-refractivity contribution in [3.8, 4) is 11.3 Å². The highest BCUT2D eigenvalue weighted by Gasteiger charge is 2.34. The molecule has 2 aromatic rings. The van der Waals surface area contributed by atoms with E-state index in [4.69, 9.17) is 5.73 Å². The molecule has 1 aliphatic carbocycles. The average molecular weight is 269 g/mol. The van der Waals surface area contributed by atoms with Gasteiger partial charge in [0.25, 0.3) is 5.56 Å². The van der Waals surface area contributed by atoms with Gasteiger partial charge in [0.1, 0.15) is 5.82 Å². The summed E-state index contributed by atoms with van der Waals surface area (Å²) in [5, 5.41) is 0. The average Bonchev–Trinajstić information content (AvgIpc) is 2.91. The van der Waals surface area contributed by atoms with E-state index in [9.17, 15) is 4.79 Å². The fourth-order valence-corrected chi connectivity index (χ4v) is 2.89. The number of nitrogens with one attached hydrogen (secondary N) is 1. The summed E-state index contributed by atoms with van der Waals surface area (Å²) < 4.78 is 0. The maximum atomic E-state index is 12.2. The summed E-state index contributed by atoms with van der Waals surface area (Å²) in [7, 11) is 0. The Morgan fingerprint density at radius 3 is 2.50 bits per heavy atom. The van der Waals surface area contributed by atoms with Gasteiger partial charge in [0.05, 0.1) is 11.2 Å². The SMILES string of the molecule is Cc1c(-c2ccccc2)nc(C2(N)CCCC2)[nH]c1=O. The van der Waals surface area contributed by atoms with Crippen LogP contribution in [0.25, 0.3) is 11.3 Å². The van der Waals surface area contributed by atoms with Crippen molar-refractivity contribution >= 4 is 0 Å². The molecule has 0 radical (unpaired) electrons. The number of nitrogens with two attached hydrogens (primary N) is 1. The van der Waals surface area contributed by atoms with E-state index in [1.54, 1.807) is 6.92 Å². The van der Waals surface area contributed by atoms with Gasteiger partial charge in [-0.05, 0) is 19.8 Å². The van der Waals surface area contributed by atoms with Crippen molar-refractivity contribution in [3.05, 3.63) is 52.1 Å². The van der Waals surface area contributed by atoms with Gasteiger partial charge >= 0.3 is 0 Å². The Morgan fingerprint density at radius 1 is 1.20 bits per heavy atom. The predicted octanol–water partition coefficient (Wildman–Crippen LogP) is 2.47. The molecule has 1 fully saturated rings. The van der Waals surface area contributed by atoms with Crippen LogP contribution in [0, 0.1) is 6.92 Å². The number of benzene rings is 1. The van der Waals surface area contributed by atoms with Crippen LogP contribution in [-0.4, -0.2) is 9.97 Å². The van der Waals surface area contributed by atoms with Gasteiger partial charge < -0.3 is 10.7 Å². The van der Waals surface area contributed by atoms with Gasteiger partial charge in [0.15, 0.2) is 0 Å². The van der Waals surface area contributed by atoms with E-state index >= 15 is 0 Å². The number of nitrogens with zero attached hydrogens (tertiary/aromatic N) is 1. The fourth-order valence-electron chi connectivity index (χ4n) is 2.89. The molecule has 3 N–H and O–H groups in total. The summed E-state index contributed by atoms with van der Waals surface area (Å²) in [6.07, 6.45) is 3.95. The molecule has 1 aliphatic rings. The standard InChI is InChI=1S/C16H19N3O/c1-11-13(12-7-3-2-4-8-12)18-15(19-14(11)20)16(17)9-5-6-10-16/h2-4,7-8H,5-6,9-10,17H2,1H3,(H,18,19,20). The van der Waals surface area contributed by atoms with E-state index in [1.165, 1.54) is 0 Å². The zero-order valence-electron chi connectivity index (χ0n) is 11.6. The first kappa shape index (κ1) is 13.1. The maximum Gasteiger partial charge on any atom is 0.254 e. The lowest BCUT2D eigenvalue weighted by Crippen LogP contribution is -2.37. The van der Waals surface area contributed by atoms with Crippen LogP contribution in [-0.2, 0) is 5.54 Å². The Kier molecular flexibility index (Phi) is 3.18. The summed E-state index contributed by atoms with van der Waals surface area (Å²) in [6, 6.07) is 9.79. The Morgan fingerprint density at radius 2 is 1.85 bits per heavy atom. The predicted molar refractivity (Wildman–Crippen MR) is 79.4 cm³/mol. The number of hydrogen-bond acceptors (Lipinski definition) is 3. The Balaban J connectivity index is 2.16. The summed E-state index contributed by atoms with van der Waals surface area (Å²) in [6.45, 7) is 1.80. The molecule has 1 heterocycles. The van der Waals surface area contributed by atoms with E-state index in [1.807, 2.05) is 30.3 Å². The summed E-state index contributed by atoms with van der Waals surface area (Å²) in [4.78, 5) is 19.7. The second kappa shape index (κ2) is 4.87. The first-order valence-corrected chi connectivity index (χ1v) is 7.06. The Labute approximate surface area is 118 Å². The molecule has 0 bridgehead atoms. The lowest BCUT2D eigenvalue weighted by atomic mass is 9.97. The van der Waals surface area contributed by atoms with Gasteiger partial charge in [-0.25, -0.2) is 4.98 Å². The minimum atomic E-state index is -0.476. The summed E-state index contributed by atoms with van der Waals surface area (Å²) in [5.74, 6) is 0.629. The van der Waals surface area contributed by atoms with Crippen LogP contribution >= 0.6 is 0 Å². The van der Waals surface area contributed by atoms with E-state index < -0.39 is 5.54 Å². The number of hydrogen-bond donors (Lipinski definition) is 2. The largest absolute Gasteiger partial charge is 0.319 e. The van der Waals surface area contributed by atoms with Gasteiger partial charge in [-0.1, -0.05) is 43.2 Å². The third-order valence-corrected chi connectivity index (χ3v) is 4.17. The molecular formula is C16H19N3O. The van der Waals surface area contributed by atoms with Crippen molar-refractivity contribution in [2.24, 2.45) is 5.73 Å². The van der Waals surface area contributed by atoms with Crippen LogP contribution in [0.4, 0.5) is 0 Å². The van der Waals surface area contributed by atoms with E-state index in [0.717, 1.165) is 36.9 Å². The third kappa shape index (κ3) is 2.16. The molecule has 4 nitrogen and oxygen atoms in total. The van der Waals surface area contributed by atoms with Gasteiger partial charge in [-0.15, -0.1) is 0 Å². The monoisotopic (exact) mass is 269 g/mol. The Bertz CT molecular complexity index is 670. The first-order valence-electron chi connectivity index (χ1n) is 7.06. The molecule has 1 aromatic heterocycles. The summed E-state index contributed by atoms with van der Waals surface area (Å²) >= 11 is 0. The molecule has 0 atom stereocenters. The zero-order chi connectivity index (χ0) is 14.2. The molecule has 3 rings (SSSR count). The molecule has 0 saturated heterocycles. The molecule has 20 heavy (non-hydrogen) atoms. The number of aromatic amines is 1. The van der Waals surface area contributed by atoms with Gasteiger partial charge in [-0.3, -0.25) is 4.79 Å². The van der Waals surface area contributed by atoms with Crippen molar-refractivity contribution < 1.29 is 0 Å². The normalized spacial score (nSPS) is 17.3. The zero-order valence-corrected chi connectivity index (χ0v) is 11.6. The number of H-pyrrole nitrogens is 1. The minimum absolute atomic E-state index is 0.0921. The Hall–Kier alpha value is -1.94. The van der Waals surface area contributed by atoms with Crippen LogP contribution < -0.4 is 11.3 Å². The second-order valence-corrected chi connectivity index (χ2v) is 5.62. The highest BCUT2D eigenvalue weighted by molar-refractivity contribution is 5.62. The molecule has 0 unspecified atom stereocenters. The topological polar surface area (TPSA) is 71.8 Å². The minimum Gasteiger partial charge on any atom is -0.319 e. The smallest absolute Gasteiger partial charge is 0.254 e. The quantitative estimate of drug-likeness (QED) is 0.879. The summed E-state index contributed by atoms with van der Waals surface area (Å²) in [5.41, 5.74) is 8.18.